The summed E-state index contributed by atoms with van der Waals surface area (Å²) >= 11 is 0. The minimum atomic E-state index is 0.403. The van der Waals surface area contributed by atoms with Crippen molar-refractivity contribution in [3.63, 3.8) is 0 Å². The monoisotopic (exact) mass is 207 g/mol. The van der Waals surface area contributed by atoms with E-state index in [-0.39, 0.29) is 0 Å². The van der Waals surface area contributed by atoms with Crippen molar-refractivity contribution in [1.82, 2.24) is 5.32 Å². The topological polar surface area (TPSA) is 25.2 Å². The van der Waals surface area contributed by atoms with Gasteiger partial charge < -0.3 is 9.73 Å². The van der Waals surface area contributed by atoms with Crippen LogP contribution in [0.2, 0.25) is 0 Å². The molecule has 84 valence electrons. The summed E-state index contributed by atoms with van der Waals surface area (Å²) in [5.41, 5.74) is 1.83. The van der Waals surface area contributed by atoms with Crippen LogP contribution in [0.3, 0.4) is 0 Å². The first-order chi connectivity index (χ1) is 7.14. The highest BCUT2D eigenvalue weighted by Crippen LogP contribution is 2.51. The van der Waals surface area contributed by atoms with Crippen LogP contribution in [0.25, 0.3) is 0 Å². The van der Waals surface area contributed by atoms with E-state index in [1.807, 2.05) is 12.3 Å². The summed E-state index contributed by atoms with van der Waals surface area (Å²) < 4.78 is 5.09. The van der Waals surface area contributed by atoms with Crippen molar-refractivity contribution in [2.75, 3.05) is 6.54 Å². The number of nitrogens with one attached hydrogen (secondary N) is 1. The van der Waals surface area contributed by atoms with Crippen LogP contribution in [0.4, 0.5) is 0 Å². The van der Waals surface area contributed by atoms with Gasteiger partial charge in [0.05, 0.1) is 12.5 Å². The van der Waals surface area contributed by atoms with E-state index in [9.17, 15) is 0 Å². The first-order valence-electron chi connectivity index (χ1n) is 5.89. The molecule has 0 saturated heterocycles. The van der Waals surface area contributed by atoms with Crippen LogP contribution in [0, 0.1) is 11.3 Å². The average Bonchev–Trinajstić information content (AvgIpc) is 2.80. The SMILES string of the molecule is CC(NCC1(C(C)C)CC1)c1ccoc1. The summed E-state index contributed by atoms with van der Waals surface area (Å²) in [6.45, 7) is 7.99. The van der Waals surface area contributed by atoms with Crippen LogP contribution in [0.1, 0.15) is 45.2 Å². The number of hydrogen-bond acceptors (Lipinski definition) is 2. The van der Waals surface area contributed by atoms with E-state index in [4.69, 9.17) is 4.42 Å². The molecule has 0 aliphatic heterocycles. The van der Waals surface area contributed by atoms with Crippen LogP contribution < -0.4 is 5.32 Å². The van der Waals surface area contributed by atoms with E-state index in [1.54, 1.807) is 6.26 Å². The van der Waals surface area contributed by atoms with Gasteiger partial charge in [-0.3, -0.25) is 0 Å². The fourth-order valence-corrected chi connectivity index (χ4v) is 2.11. The van der Waals surface area contributed by atoms with Crippen molar-refractivity contribution in [2.24, 2.45) is 11.3 Å². The molecule has 1 unspecified atom stereocenters. The highest BCUT2D eigenvalue weighted by molar-refractivity contribution is 5.11. The predicted molar refractivity (Wildman–Crippen MR) is 61.6 cm³/mol. The zero-order valence-corrected chi connectivity index (χ0v) is 9.92. The van der Waals surface area contributed by atoms with Gasteiger partial charge in [0, 0.05) is 18.2 Å². The molecule has 2 nitrogen and oxygen atoms in total. The second-order valence-corrected chi connectivity index (χ2v) is 5.18. The third-order valence-electron chi connectivity index (χ3n) is 3.92. The lowest BCUT2D eigenvalue weighted by atomic mass is 9.92. The zero-order valence-electron chi connectivity index (χ0n) is 9.92. The molecule has 15 heavy (non-hydrogen) atoms. The van der Waals surface area contributed by atoms with Gasteiger partial charge >= 0.3 is 0 Å². The molecule has 0 bridgehead atoms. The van der Waals surface area contributed by atoms with Crippen LogP contribution >= 0.6 is 0 Å². The fourth-order valence-electron chi connectivity index (χ4n) is 2.11. The second-order valence-electron chi connectivity index (χ2n) is 5.18. The minimum Gasteiger partial charge on any atom is -0.472 e. The summed E-state index contributed by atoms with van der Waals surface area (Å²) in [6.07, 6.45) is 6.33. The third-order valence-corrected chi connectivity index (χ3v) is 3.92. The highest BCUT2D eigenvalue weighted by atomic mass is 16.3. The van der Waals surface area contributed by atoms with Gasteiger partial charge in [0.1, 0.15) is 0 Å². The number of furan rings is 1. The van der Waals surface area contributed by atoms with Crippen LogP contribution in [-0.2, 0) is 0 Å². The van der Waals surface area contributed by atoms with Gasteiger partial charge in [-0.15, -0.1) is 0 Å². The largest absolute Gasteiger partial charge is 0.472 e. The molecule has 1 heterocycles. The van der Waals surface area contributed by atoms with E-state index >= 15 is 0 Å². The van der Waals surface area contributed by atoms with E-state index in [1.165, 1.54) is 18.4 Å². The standard InChI is InChI=1S/C13H21NO/c1-10(2)13(5-6-13)9-14-11(3)12-4-7-15-8-12/h4,7-8,10-11,14H,5-6,9H2,1-3H3. The van der Waals surface area contributed by atoms with E-state index in [0.717, 1.165) is 12.5 Å². The highest BCUT2D eigenvalue weighted by Gasteiger charge is 2.44. The van der Waals surface area contributed by atoms with E-state index < -0.39 is 0 Å². The van der Waals surface area contributed by atoms with Crippen LogP contribution in [0.15, 0.2) is 23.0 Å². The molecular formula is C13H21NO. The van der Waals surface area contributed by atoms with Crippen molar-refractivity contribution in [2.45, 2.75) is 39.7 Å². The van der Waals surface area contributed by atoms with Gasteiger partial charge in [0.2, 0.25) is 0 Å². The molecular weight excluding hydrogens is 186 g/mol. The van der Waals surface area contributed by atoms with Gasteiger partial charge in [-0.25, -0.2) is 0 Å². The molecule has 1 atom stereocenters. The molecule has 2 heteroatoms. The first kappa shape index (κ1) is 10.7. The van der Waals surface area contributed by atoms with Crippen molar-refractivity contribution >= 4 is 0 Å². The molecule has 1 fully saturated rings. The lowest BCUT2D eigenvalue weighted by molar-refractivity contribution is 0.324. The third kappa shape index (κ3) is 2.25. The van der Waals surface area contributed by atoms with Gasteiger partial charge in [-0.05, 0) is 37.2 Å². The summed E-state index contributed by atoms with van der Waals surface area (Å²) in [7, 11) is 0. The molecule has 0 amide bonds. The zero-order chi connectivity index (χ0) is 10.9. The van der Waals surface area contributed by atoms with Crippen LogP contribution in [0.5, 0.6) is 0 Å². The van der Waals surface area contributed by atoms with Gasteiger partial charge in [-0.2, -0.15) is 0 Å². The molecule has 0 radical (unpaired) electrons. The Morgan fingerprint density at radius 1 is 1.40 bits per heavy atom. The molecule has 1 aliphatic carbocycles. The minimum absolute atomic E-state index is 0.403. The fraction of sp³-hybridized carbons (Fsp3) is 0.692. The van der Waals surface area contributed by atoms with E-state index in [2.05, 4.69) is 26.1 Å². The Morgan fingerprint density at radius 2 is 2.13 bits per heavy atom. The lowest BCUT2D eigenvalue weighted by Gasteiger charge is -2.22. The Balaban J connectivity index is 1.84. The van der Waals surface area contributed by atoms with Crippen molar-refractivity contribution < 1.29 is 4.42 Å². The molecule has 1 aromatic heterocycles. The smallest absolute Gasteiger partial charge is 0.0950 e. The first-order valence-corrected chi connectivity index (χ1v) is 5.89. The maximum Gasteiger partial charge on any atom is 0.0950 e. The Morgan fingerprint density at radius 3 is 2.60 bits per heavy atom. The Bertz CT molecular complexity index is 298. The summed E-state index contributed by atoms with van der Waals surface area (Å²) in [6, 6.07) is 2.44. The van der Waals surface area contributed by atoms with Gasteiger partial charge in [0.25, 0.3) is 0 Å². The van der Waals surface area contributed by atoms with Crippen molar-refractivity contribution in [3.05, 3.63) is 24.2 Å². The summed E-state index contributed by atoms with van der Waals surface area (Å²) in [4.78, 5) is 0. The molecule has 1 saturated carbocycles. The van der Waals surface area contributed by atoms with E-state index in [0.29, 0.717) is 11.5 Å². The maximum atomic E-state index is 5.09. The molecule has 0 spiro atoms. The molecule has 1 aliphatic rings. The number of rotatable bonds is 5. The second kappa shape index (κ2) is 4.01. The van der Waals surface area contributed by atoms with Crippen molar-refractivity contribution in [1.29, 1.82) is 0 Å². The normalized spacial score (nSPS) is 20.5. The lowest BCUT2D eigenvalue weighted by Crippen LogP contribution is -2.29. The maximum absolute atomic E-state index is 5.09. The Hall–Kier alpha value is -0.760. The van der Waals surface area contributed by atoms with Gasteiger partial charge in [0.15, 0.2) is 0 Å². The Kier molecular flexibility index (Phi) is 2.87. The molecule has 0 aromatic carbocycles. The molecule has 1 aromatic rings. The quantitative estimate of drug-likeness (QED) is 0.800. The Labute approximate surface area is 92.1 Å². The predicted octanol–water partition coefficient (Wildman–Crippen LogP) is 3.37. The average molecular weight is 207 g/mol. The molecule has 2 rings (SSSR count). The van der Waals surface area contributed by atoms with Crippen LogP contribution in [-0.4, -0.2) is 6.54 Å². The molecule has 1 N–H and O–H groups in total. The summed E-state index contributed by atoms with van der Waals surface area (Å²) in [5, 5.41) is 3.61. The van der Waals surface area contributed by atoms with Crippen molar-refractivity contribution in [3.8, 4) is 0 Å². The van der Waals surface area contributed by atoms with Gasteiger partial charge in [-0.1, -0.05) is 13.8 Å². The summed E-state index contributed by atoms with van der Waals surface area (Å²) in [5.74, 6) is 0.793. The number of hydrogen-bond donors (Lipinski definition) is 1.